The minimum atomic E-state index is 0.172. The zero-order chi connectivity index (χ0) is 13.0. The molecule has 2 unspecified atom stereocenters. The van der Waals surface area contributed by atoms with Crippen LogP contribution in [0.5, 0.6) is 0 Å². The number of rotatable bonds is 3. The summed E-state index contributed by atoms with van der Waals surface area (Å²) < 4.78 is 5.33. The molecule has 2 fully saturated rings. The third-order valence-electron chi connectivity index (χ3n) is 4.53. The summed E-state index contributed by atoms with van der Waals surface area (Å²) in [5.41, 5.74) is 5.86. The summed E-state index contributed by atoms with van der Waals surface area (Å²) in [6.45, 7) is 5.19. The van der Waals surface area contributed by atoms with E-state index >= 15 is 0 Å². The van der Waals surface area contributed by atoms with Crippen LogP contribution in [0.25, 0.3) is 0 Å². The molecule has 2 heterocycles. The lowest BCUT2D eigenvalue weighted by molar-refractivity contribution is -0.142. The number of piperidine rings is 1. The predicted molar refractivity (Wildman–Crippen MR) is 71.1 cm³/mol. The van der Waals surface area contributed by atoms with Crippen molar-refractivity contribution >= 4 is 5.91 Å². The number of amides is 1. The van der Waals surface area contributed by atoms with Gasteiger partial charge in [-0.3, -0.25) is 4.79 Å². The molecular formula is C14H26N2O2. The van der Waals surface area contributed by atoms with Crippen LogP contribution in [0.4, 0.5) is 0 Å². The average Bonchev–Trinajstić information content (AvgIpc) is 2.46. The number of carbonyl (C=O) groups is 1. The van der Waals surface area contributed by atoms with E-state index in [1.165, 1.54) is 6.42 Å². The van der Waals surface area contributed by atoms with Crippen molar-refractivity contribution < 1.29 is 9.53 Å². The van der Waals surface area contributed by atoms with E-state index in [0.717, 1.165) is 51.4 Å². The molecule has 0 bridgehead atoms. The summed E-state index contributed by atoms with van der Waals surface area (Å²) in [4.78, 5) is 14.6. The Morgan fingerprint density at radius 2 is 2.06 bits per heavy atom. The second-order valence-corrected chi connectivity index (χ2v) is 5.61. The van der Waals surface area contributed by atoms with Crippen molar-refractivity contribution in [2.45, 2.75) is 45.1 Å². The first kappa shape index (κ1) is 13.8. The van der Waals surface area contributed by atoms with Gasteiger partial charge in [0.05, 0.1) is 0 Å². The number of nitrogens with zero attached hydrogens (tertiary/aromatic N) is 1. The summed E-state index contributed by atoms with van der Waals surface area (Å²) >= 11 is 0. The maximum Gasteiger partial charge on any atom is 0.226 e. The Balaban J connectivity index is 1.95. The van der Waals surface area contributed by atoms with Crippen molar-refractivity contribution in [3.63, 3.8) is 0 Å². The number of nitrogens with two attached hydrogens (primary N) is 1. The number of carbonyl (C=O) groups excluding carboxylic acids is 1. The van der Waals surface area contributed by atoms with Crippen molar-refractivity contribution in [2.24, 2.45) is 17.6 Å². The third kappa shape index (κ3) is 3.04. The molecule has 4 heteroatoms. The second-order valence-electron chi connectivity index (χ2n) is 5.61. The van der Waals surface area contributed by atoms with Crippen LogP contribution in [0.15, 0.2) is 0 Å². The average molecular weight is 254 g/mol. The molecule has 0 aromatic rings. The highest BCUT2D eigenvalue weighted by Crippen LogP contribution is 2.28. The summed E-state index contributed by atoms with van der Waals surface area (Å²) in [6, 6.07) is 0.263. The maximum atomic E-state index is 12.5. The molecule has 0 spiro atoms. The van der Waals surface area contributed by atoms with Crippen LogP contribution in [0.1, 0.15) is 39.0 Å². The van der Waals surface area contributed by atoms with Crippen LogP contribution in [0.2, 0.25) is 0 Å². The maximum absolute atomic E-state index is 12.5. The molecule has 2 aliphatic heterocycles. The normalized spacial score (nSPS) is 30.4. The Bertz CT molecular complexity index is 277. The highest BCUT2D eigenvalue weighted by Gasteiger charge is 2.34. The zero-order valence-electron chi connectivity index (χ0n) is 11.4. The van der Waals surface area contributed by atoms with Crippen molar-refractivity contribution in [1.82, 2.24) is 4.90 Å². The lowest BCUT2D eigenvalue weighted by Crippen LogP contribution is -2.52. The van der Waals surface area contributed by atoms with Gasteiger partial charge in [0.1, 0.15) is 0 Å². The van der Waals surface area contributed by atoms with Crippen molar-refractivity contribution in [3.8, 4) is 0 Å². The lowest BCUT2D eigenvalue weighted by atomic mass is 9.87. The van der Waals surface area contributed by atoms with E-state index in [1.54, 1.807) is 0 Å². The summed E-state index contributed by atoms with van der Waals surface area (Å²) in [7, 11) is 0. The topological polar surface area (TPSA) is 55.6 Å². The molecule has 18 heavy (non-hydrogen) atoms. The SMILES string of the molecule is CCC1CCN(C(=O)C2CCOCC2)C(CN)C1. The molecule has 2 N–H and O–H groups in total. The largest absolute Gasteiger partial charge is 0.381 e. The van der Waals surface area contributed by atoms with E-state index in [2.05, 4.69) is 11.8 Å². The number of hydrogen-bond acceptors (Lipinski definition) is 3. The molecule has 2 aliphatic rings. The smallest absolute Gasteiger partial charge is 0.226 e. The summed E-state index contributed by atoms with van der Waals surface area (Å²) in [6.07, 6.45) is 5.19. The van der Waals surface area contributed by atoms with Crippen LogP contribution in [0.3, 0.4) is 0 Å². The Kier molecular flexibility index (Phi) is 5.01. The summed E-state index contributed by atoms with van der Waals surface area (Å²) in [5, 5.41) is 0. The minimum Gasteiger partial charge on any atom is -0.381 e. The minimum absolute atomic E-state index is 0.172. The zero-order valence-corrected chi connectivity index (χ0v) is 11.4. The fourth-order valence-electron chi connectivity index (χ4n) is 3.20. The molecule has 0 radical (unpaired) electrons. The van der Waals surface area contributed by atoms with Crippen molar-refractivity contribution in [2.75, 3.05) is 26.3 Å². The fourth-order valence-corrected chi connectivity index (χ4v) is 3.20. The van der Waals surface area contributed by atoms with Crippen LogP contribution in [-0.2, 0) is 9.53 Å². The van der Waals surface area contributed by atoms with E-state index in [1.807, 2.05) is 0 Å². The van der Waals surface area contributed by atoms with Gasteiger partial charge >= 0.3 is 0 Å². The Hall–Kier alpha value is -0.610. The Labute approximate surface area is 110 Å². The molecule has 0 aromatic heterocycles. The molecule has 1 amide bonds. The molecular weight excluding hydrogens is 228 g/mol. The number of ether oxygens (including phenoxy) is 1. The van der Waals surface area contributed by atoms with Gasteiger partial charge in [-0.15, -0.1) is 0 Å². The van der Waals surface area contributed by atoms with Gasteiger partial charge in [-0.25, -0.2) is 0 Å². The third-order valence-corrected chi connectivity index (χ3v) is 4.53. The molecule has 4 nitrogen and oxygen atoms in total. The van der Waals surface area contributed by atoms with Gasteiger partial charge in [0, 0.05) is 38.3 Å². The monoisotopic (exact) mass is 254 g/mol. The van der Waals surface area contributed by atoms with E-state index in [4.69, 9.17) is 10.5 Å². The second kappa shape index (κ2) is 6.53. The van der Waals surface area contributed by atoms with E-state index in [9.17, 15) is 4.79 Å². The van der Waals surface area contributed by atoms with Gasteiger partial charge in [-0.2, -0.15) is 0 Å². The van der Waals surface area contributed by atoms with Gasteiger partial charge in [0.2, 0.25) is 5.91 Å². The van der Waals surface area contributed by atoms with E-state index in [0.29, 0.717) is 12.5 Å². The first-order valence-electron chi connectivity index (χ1n) is 7.34. The fraction of sp³-hybridized carbons (Fsp3) is 0.929. The van der Waals surface area contributed by atoms with Gasteiger partial charge in [0.25, 0.3) is 0 Å². The van der Waals surface area contributed by atoms with Crippen LogP contribution >= 0.6 is 0 Å². The van der Waals surface area contributed by atoms with Crippen molar-refractivity contribution in [3.05, 3.63) is 0 Å². The summed E-state index contributed by atoms with van der Waals surface area (Å²) in [5.74, 6) is 1.24. The molecule has 2 rings (SSSR count). The predicted octanol–water partition coefficient (Wildman–Crippen LogP) is 1.39. The van der Waals surface area contributed by atoms with Crippen molar-refractivity contribution in [1.29, 1.82) is 0 Å². The molecule has 2 atom stereocenters. The Morgan fingerprint density at radius 1 is 1.33 bits per heavy atom. The first-order chi connectivity index (χ1) is 8.76. The van der Waals surface area contributed by atoms with Gasteiger partial charge in [-0.05, 0) is 31.6 Å². The van der Waals surface area contributed by atoms with Gasteiger partial charge < -0.3 is 15.4 Å². The first-order valence-corrected chi connectivity index (χ1v) is 7.34. The lowest BCUT2D eigenvalue weighted by Gasteiger charge is -2.41. The molecule has 104 valence electrons. The van der Waals surface area contributed by atoms with Gasteiger partial charge in [-0.1, -0.05) is 13.3 Å². The van der Waals surface area contributed by atoms with Gasteiger partial charge in [0.15, 0.2) is 0 Å². The number of hydrogen-bond donors (Lipinski definition) is 1. The Morgan fingerprint density at radius 3 is 2.67 bits per heavy atom. The van der Waals surface area contributed by atoms with Crippen LogP contribution < -0.4 is 5.73 Å². The standard InChI is InChI=1S/C14H26N2O2/c1-2-11-3-6-16(13(9-11)10-15)14(17)12-4-7-18-8-5-12/h11-13H,2-10,15H2,1H3. The van der Waals surface area contributed by atoms with E-state index in [-0.39, 0.29) is 12.0 Å². The van der Waals surface area contributed by atoms with Crippen LogP contribution in [-0.4, -0.2) is 43.2 Å². The van der Waals surface area contributed by atoms with Crippen LogP contribution in [0, 0.1) is 11.8 Å². The molecule has 2 saturated heterocycles. The highest BCUT2D eigenvalue weighted by atomic mass is 16.5. The number of likely N-dealkylation sites (tertiary alicyclic amines) is 1. The molecule has 0 aromatic carbocycles. The molecule has 0 aliphatic carbocycles. The highest BCUT2D eigenvalue weighted by molar-refractivity contribution is 5.79. The quantitative estimate of drug-likeness (QED) is 0.828. The molecule has 0 saturated carbocycles. The van der Waals surface area contributed by atoms with E-state index < -0.39 is 0 Å².